The molecule has 0 heterocycles. The van der Waals surface area contributed by atoms with Crippen molar-refractivity contribution in [2.45, 2.75) is 19.8 Å². The van der Waals surface area contributed by atoms with Crippen LogP contribution in [0.15, 0.2) is 18.2 Å². The highest BCUT2D eigenvalue weighted by molar-refractivity contribution is 5.99. The molecular formula is C13H17N3O5. The second-order valence-electron chi connectivity index (χ2n) is 4.19. The van der Waals surface area contributed by atoms with E-state index >= 15 is 0 Å². The molecule has 3 N–H and O–H groups in total. The van der Waals surface area contributed by atoms with Gasteiger partial charge in [-0.3, -0.25) is 19.7 Å². The minimum atomic E-state index is -0.758. The van der Waals surface area contributed by atoms with Crippen LogP contribution in [-0.2, 0) is 9.53 Å². The van der Waals surface area contributed by atoms with E-state index in [0.717, 1.165) is 6.07 Å². The Balaban J connectivity index is 2.64. The number of amides is 1. The van der Waals surface area contributed by atoms with E-state index in [-0.39, 0.29) is 23.6 Å². The fourth-order valence-electron chi connectivity index (χ4n) is 1.69. The summed E-state index contributed by atoms with van der Waals surface area (Å²) < 4.78 is 4.78. The number of anilines is 1. The Morgan fingerprint density at radius 2 is 2.14 bits per heavy atom. The molecule has 0 aliphatic rings. The lowest BCUT2D eigenvalue weighted by Gasteiger charge is -2.09. The van der Waals surface area contributed by atoms with Gasteiger partial charge in [0.2, 0.25) is 0 Å². The summed E-state index contributed by atoms with van der Waals surface area (Å²) in [5.74, 6) is -1.05. The minimum absolute atomic E-state index is 0.0420. The number of nitro benzene ring substituents is 1. The van der Waals surface area contributed by atoms with Crippen molar-refractivity contribution in [2.24, 2.45) is 5.73 Å². The van der Waals surface area contributed by atoms with Crippen LogP contribution in [0.1, 0.15) is 30.1 Å². The van der Waals surface area contributed by atoms with Crippen molar-refractivity contribution in [3.8, 4) is 0 Å². The SMILES string of the molecule is CCOC(=O)CCCNc1ccc([N+](=O)[O-])cc1C(N)=O. The van der Waals surface area contributed by atoms with Crippen LogP contribution < -0.4 is 11.1 Å². The van der Waals surface area contributed by atoms with Gasteiger partial charge in [0, 0.05) is 30.8 Å². The summed E-state index contributed by atoms with van der Waals surface area (Å²) in [5, 5.41) is 13.6. The van der Waals surface area contributed by atoms with E-state index in [1.54, 1.807) is 6.92 Å². The quantitative estimate of drug-likeness (QED) is 0.323. The van der Waals surface area contributed by atoms with Crippen LogP contribution in [-0.4, -0.2) is 30.0 Å². The van der Waals surface area contributed by atoms with Gasteiger partial charge in [0.05, 0.1) is 17.1 Å². The number of esters is 1. The third-order valence-corrected chi connectivity index (χ3v) is 2.66. The van der Waals surface area contributed by atoms with E-state index in [1.807, 2.05) is 0 Å². The molecule has 21 heavy (non-hydrogen) atoms. The normalized spacial score (nSPS) is 9.95. The molecule has 0 fully saturated rings. The lowest BCUT2D eigenvalue weighted by Crippen LogP contribution is -2.16. The second-order valence-corrected chi connectivity index (χ2v) is 4.19. The van der Waals surface area contributed by atoms with Crippen LogP contribution in [0.3, 0.4) is 0 Å². The standard InChI is InChI=1S/C13H17N3O5/c1-2-21-12(17)4-3-7-15-11-6-5-9(16(19)20)8-10(11)13(14)18/h5-6,8,15H,2-4,7H2,1H3,(H2,14,18). The van der Waals surface area contributed by atoms with Crippen LogP contribution in [0.5, 0.6) is 0 Å². The number of benzene rings is 1. The molecule has 0 aliphatic heterocycles. The van der Waals surface area contributed by atoms with E-state index in [9.17, 15) is 19.7 Å². The lowest BCUT2D eigenvalue weighted by molar-refractivity contribution is -0.384. The molecule has 1 aromatic carbocycles. The maximum absolute atomic E-state index is 11.3. The van der Waals surface area contributed by atoms with E-state index in [4.69, 9.17) is 10.5 Å². The smallest absolute Gasteiger partial charge is 0.305 e. The van der Waals surface area contributed by atoms with Gasteiger partial charge in [-0.1, -0.05) is 0 Å². The second kappa shape index (κ2) is 7.83. The Kier molecular flexibility index (Phi) is 6.12. The summed E-state index contributed by atoms with van der Waals surface area (Å²) >= 11 is 0. The molecule has 0 atom stereocenters. The number of carbonyl (C=O) groups is 2. The van der Waals surface area contributed by atoms with Crippen molar-refractivity contribution >= 4 is 23.3 Å². The molecule has 114 valence electrons. The predicted octanol–water partition coefficient (Wildman–Crippen LogP) is 1.45. The van der Waals surface area contributed by atoms with Gasteiger partial charge < -0.3 is 15.8 Å². The highest BCUT2D eigenvalue weighted by atomic mass is 16.6. The summed E-state index contributed by atoms with van der Waals surface area (Å²) in [6.07, 6.45) is 0.758. The van der Waals surface area contributed by atoms with Crippen molar-refractivity contribution < 1.29 is 19.2 Å². The number of carbonyl (C=O) groups excluding carboxylic acids is 2. The number of nitro groups is 1. The fraction of sp³-hybridized carbons (Fsp3) is 0.385. The zero-order valence-corrected chi connectivity index (χ0v) is 11.6. The first kappa shape index (κ1) is 16.4. The number of primary amides is 1. The first-order chi connectivity index (χ1) is 9.95. The average molecular weight is 295 g/mol. The molecule has 0 radical (unpaired) electrons. The topological polar surface area (TPSA) is 125 Å². The largest absolute Gasteiger partial charge is 0.466 e. The number of nitrogens with two attached hydrogens (primary N) is 1. The van der Waals surface area contributed by atoms with Gasteiger partial charge in [-0.05, 0) is 19.4 Å². The van der Waals surface area contributed by atoms with Crippen LogP contribution in [0.4, 0.5) is 11.4 Å². The third-order valence-electron chi connectivity index (χ3n) is 2.66. The molecule has 0 saturated carbocycles. The predicted molar refractivity (Wildman–Crippen MR) is 76.0 cm³/mol. The molecule has 0 aliphatic carbocycles. The van der Waals surface area contributed by atoms with Crippen LogP contribution in [0.25, 0.3) is 0 Å². The Labute approximate surface area is 121 Å². The zero-order valence-electron chi connectivity index (χ0n) is 11.6. The monoisotopic (exact) mass is 295 g/mol. The Morgan fingerprint density at radius 1 is 1.43 bits per heavy atom. The number of nitrogens with zero attached hydrogens (tertiary/aromatic N) is 1. The van der Waals surface area contributed by atoms with Gasteiger partial charge in [-0.15, -0.1) is 0 Å². The lowest BCUT2D eigenvalue weighted by atomic mass is 10.1. The molecule has 0 saturated heterocycles. The van der Waals surface area contributed by atoms with E-state index < -0.39 is 10.8 Å². The van der Waals surface area contributed by atoms with Gasteiger partial charge in [0.25, 0.3) is 11.6 Å². The van der Waals surface area contributed by atoms with Crippen molar-refractivity contribution in [2.75, 3.05) is 18.5 Å². The van der Waals surface area contributed by atoms with Gasteiger partial charge >= 0.3 is 5.97 Å². The Hall–Kier alpha value is -2.64. The molecule has 8 nitrogen and oxygen atoms in total. The maximum atomic E-state index is 11.3. The van der Waals surface area contributed by atoms with Gasteiger partial charge in [0.1, 0.15) is 0 Å². The third kappa shape index (κ3) is 5.09. The molecule has 1 amide bonds. The maximum Gasteiger partial charge on any atom is 0.305 e. The van der Waals surface area contributed by atoms with Crippen molar-refractivity contribution in [1.29, 1.82) is 0 Å². The number of non-ortho nitro benzene ring substituents is 1. The molecule has 1 rings (SSSR count). The van der Waals surface area contributed by atoms with Gasteiger partial charge in [-0.2, -0.15) is 0 Å². The van der Waals surface area contributed by atoms with Gasteiger partial charge in [-0.25, -0.2) is 0 Å². The Bertz CT molecular complexity index is 545. The molecular weight excluding hydrogens is 278 g/mol. The zero-order chi connectivity index (χ0) is 15.8. The van der Waals surface area contributed by atoms with Crippen molar-refractivity contribution in [3.63, 3.8) is 0 Å². The number of ether oxygens (including phenoxy) is 1. The summed E-state index contributed by atoms with van der Waals surface area (Å²) in [6.45, 7) is 2.48. The van der Waals surface area contributed by atoms with Crippen LogP contribution >= 0.6 is 0 Å². The summed E-state index contributed by atoms with van der Waals surface area (Å²) in [4.78, 5) is 32.5. The van der Waals surface area contributed by atoms with E-state index in [2.05, 4.69) is 5.32 Å². The summed E-state index contributed by atoms with van der Waals surface area (Å²) in [5.41, 5.74) is 5.43. The Morgan fingerprint density at radius 3 is 2.71 bits per heavy atom. The fourth-order valence-corrected chi connectivity index (χ4v) is 1.69. The molecule has 8 heteroatoms. The highest BCUT2D eigenvalue weighted by Gasteiger charge is 2.14. The highest BCUT2D eigenvalue weighted by Crippen LogP contribution is 2.21. The van der Waals surface area contributed by atoms with Crippen LogP contribution in [0.2, 0.25) is 0 Å². The number of hydrogen-bond acceptors (Lipinski definition) is 6. The molecule has 0 unspecified atom stereocenters. The summed E-state index contributed by atoms with van der Waals surface area (Å²) in [6, 6.07) is 3.82. The molecule has 0 spiro atoms. The summed E-state index contributed by atoms with van der Waals surface area (Å²) in [7, 11) is 0. The first-order valence-corrected chi connectivity index (χ1v) is 6.43. The van der Waals surface area contributed by atoms with Crippen molar-refractivity contribution in [1.82, 2.24) is 0 Å². The van der Waals surface area contributed by atoms with E-state index in [0.29, 0.717) is 25.3 Å². The number of nitrogens with one attached hydrogen (secondary N) is 1. The first-order valence-electron chi connectivity index (χ1n) is 6.43. The number of rotatable bonds is 8. The minimum Gasteiger partial charge on any atom is -0.466 e. The van der Waals surface area contributed by atoms with Crippen molar-refractivity contribution in [3.05, 3.63) is 33.9 Å². The molecule has 0 bridgehead atoms. The molecule has 1 aromatic rings. The average Bonchev–Trinajstić information content (AvgIpc) is 2.43. The van der Waals surface area contributed by atoms with E-state index in [1.165, 1.54) is 12.1 Å². The van der Waals surface area contributed by atoms with Gasteiger partial charge in [0.15, 0.2) is 0 Å². The molecule has 0 aromatic heterocycles. The number of hydrogen-bond donors (Lipinski definition) is 2. The van der Waals surface area contributed by atoms with Crippen LogP contribution in [0, 0.1) is 10.1 Å².